The second-order valence-corrected chi connectivity index (χ2v) is 38.1. The molecule has 0 radical (unpaired) electrons. The smallest absolute Gasteiger partial charge is 0.277 e. The van der Waals surface area contributed by atoms with Crippen molar-refractivity contribution in [3.05, 3.63) is 459 Å². The van der Waals surface area contributed by atoms with Gasteiger partial charge in [-0.05, 0) is 208 Å². The first-order valence-corrected chi connectivity index (χ1v) is 51.0. The van der Waals surface area contributed by atoms with Crippen LogP contribution in [0.3, 0.4) is 0 Å². The molecule has 5 aromatic heterocycles. The van der Waals surface area contributed by atoms with Crippen LogP contribution < -0.4 is 46.3 Å². The summed E-state index contributed by atoms with van der Waals surface area (Å²) in [6.07, 6.45) is 0. The third kappa shape index (κ3) is 29.0. The normalized spacial score (nSPS) is 10.9. The summed E-state index contributed by atoms with van der Waals surface area (Å²) in [5.74, 6) is 0.788. The number of thiocarbonyl (C=S) groups is 1. The fraction of sp³-hybridized carbons (Fsp3) is 0.0940. The number of hydrogen-bond donors (Lipinski definition) is 7. The fourth-order valence-electron chi connectivity index (χ4n) is 15.8. The van der Waals surface area contributed by atoms with E-state index in [2.05, 4.69) is 47.1 Å². The number of carbonyl (C=O) groups is 5. The van der Waals surface area contributed by atoms with Crippen molar-refractivity contribution in [2.24, 2.45) is 0 Å². The van der Waals surface area contributed by atoms with Crippen LogP contribution >= 0.6 is 117 Å². The van der Waals surface area contributed by atoms with Crippen LogP contribution in [-0.4, -0.2) is 89.0 Å². The van der Waals surface area contributed by atoms with Gasteiger partial charge in [-0.25, -0.2) is 24.3 Å². The number of ether oxygens (including phenoxy) is 2. The first kappa shape index (κ1) is 109. The van der Waals surface area contributed by atoms with Gasteiger partial charge in [-0.2, -0.15) is 0 Å². The number of carbonyl (C=O) groups excluding carboxylic acids is 5. The topological polar surface area (TPSA) is 290 Å². The van der Waals surface area contributed by atoms with Crippen LogP contribution in [0.1, 0.15) is 87.4 Å². The molecule has 0 aliphatic carbocycles. The zero-order valence-corrected chi connectivity index (χ0v) is 88.5. The van der Waals surface area contributed by atoms with E-state index in [9.17, 15) is 33.5 Å². The Morgan fingerprint density at radius 2 is 0.860 bits per heavy atom. The summed E-state index contributed by atoms with van der Waals surface area (Å²) in [6.45, 7) is 11.9. The monoisotopic (exact) mass is 2190 g/mol. The van der Waals surface area contributed by atoms with E-state index in [-0.39, 0.29) is 80.5 Å². The zero-order chi connectivity index (χ0) is 106. The number of aryl methyl sites for hydroxylation is 1. The van der Waals surface area contributed by atoms with E-state index in [4.69, 9.17) is 134 Å². The predicted molar refractivity (Wildman–Crippen MR) is 607 cm³/mol. The summed E-state index contributed by atoms with van der Waals surface area (Å²) < 4.78 is 29.3. The standard InChI is InChI=1S/C24H19ClN2O.C24H19FN2O.C24H20N2O.C16H10Cl3N3O3S.C16H14Cl2N2O2S.C13H10Cl2N2O/c2*1-16-22(24(28)26-15-17-11-13-19(25)14-12-17)20-9-5-6-10-21(20)27-23(16)18-7-3-2-4-8-18;1-17-22(24(27)25-16-18-10-4-2-5-11-18)20-14-8-9-15-21(20)26-23(17)19-12-6-3-7-13-19;17-8-5-10(18)14(11(19)6-8)20-13(24)7-26-16-22-21-15(25-16)9-3-1-2-4-12(9)23;1-2-20(13-3-4-14-15(8-13)22-9-21-14)16(23)19-12-6-10(17)5-11(18)7-12;1-8-3-2-4-12(16-8)17-13(18)10-7-9(14)5-6-11(10)15/h2*2-14H,15H2,1H3,(H,26,28);2-15H,16H2,1H3,(H,25,27);1-6,23H,7H2,(H,20,24);3-8H,2,9H2,1H3,(H,19,23);2-7H,1H3,(H,16,17,18). The van der Waals surface area contributed by atoms with E-state index in [1.54, 1.807) is 66.7 Å². The number of thioether (sulfide) groups is 1. The molecule has 0 bridgehead atoms. The number of nitrogens with zero attached hydrogens (tertiary/aromatic N) is 7. The Bertz CT molecular complexity index is 7880. The van der Waals surface area contributed by atoms with Crippen LogP contribution in [0.2, 0.25) is 40.2 Å². The van der Waals surface area contributed by atoms with Gasteiger partial charge in [-0.3, -0.25) is 24.0 Å². The number of nitrogens with one attached hydrogen (secondary N) is 6. The Morgan fingerprint density at radius 3 is 1.35 bits per heavy atom. The maximum absolute atomic E-state index is 13.1. The molecule has 19 aromatic rings. The quantitative estimate of drug-likeness (QED) is 0.0245. The Labute approximate surface area is 914 Å². The molecule has 0 fully saturated rings. The average molecular weight is 2190 g/mol. The number of pyridine rings is 4. The van der Waals surface area contributed by atoms with Gasteiger partial charge in [0.15, 0.2) is 16.6 Å². The highest BCUT2D eigenvalue weighted by atomic mass is 35.5. The van der Waals surface area contributed by atoms with Gasteiger partial charge in [0.25, 0.3) is 34.7 Å². The van der Waals surface area contributed by atoms with Gasteiger partial charge in [0.2, 0.25) is 12.7 Å². The third-order valence-corrected chi connectivity index (χ3v) is 26.3. The molecule has 6 heterocycles. The molecule has 1 aliphatic rings. The first-order valence-electron chi connectivity index (χ1n) is 46.6. The fourth-order valence-corrected chi connectivity index (χ4v) is 18.7. The summed E-state index contributed by atoms with van der Waals surface area (Å²) >= 11 is 54.2. The van der Waals surface area contributed by atoms with E-state index < -0.39 is 0 Å². The molecule has 754 valence electrons. The number of aromatic nitrogens is 6. The number of rotatable bonds is 22. The van der Waals surface area contributed by atoms with Crippen molar-refractivity contribution < 1.29 is 47.4 Å². The second kappa shape index (κ2) is 52.5. The summed E-state index contributed by atoms with van der Waals surface area (Å²) in [6, 6.07) is 107. The lowest BCUT2D eigenvalue weighted by Crippen LogP contribution is -2.34. The molecule has 0 spiro atoms. The van der Waals surface area contributed by atoms with Gasteiger partial charge in [0, 0.05) is 107 Å². The van der Waals surface area contributed by atoms with Crippen molar-refractivity contribution in [1.29, 1.82) is 0 Å². The lowest BCUT2D eigenvalue weighted by atomic mass is 9.97. The highest BCUT2D eigenvalue weighted by Crippen LogP contribution is 2.40. The number of para-hydroxylation sites is 4. The molecule has 20 rings (SSSR count). The molecule has 5 amide bonds. The first-order chi connectivity index (χ1) is 72.6. The van der Waals surface area contributed by atoms with Crippen molar-refractivity contribution in [1.82, 2.24) is 46.1 Å². The molecule has 22 nitrogen and oxygen atoms in total. The van der Waals surface area contributed by atoms with Crippen molar-refractivity contribution in [2.75, 3.05) is 39.9 Å². The average Bonchev–Trinajstić information content (AvgIpc) is 1.05. The lowest BCUT2D eigenvalue weighted by molar-refractivity contribution is -0.113. The third-order valence-electron chi connectivity index (χ3n) is 23.0. The van der Waals surface area contributed by atoms with Crippen molar-refractivity contribution >= 4 is 207 Å². The van der Waals surface area contributed by atoms with E-state index in [0.29, 0.717) is 95.1 Å². The molecule has 0 saturated carbocycles. The molecule has 7 N–H and O–H groups in total. The number of amides is 5. The Kier molecular flexibility index (Phi) is 38.1. The highest BCUT2D eigenvalue weighted by Gasteiger charge is 2.26. The number of hydrogen-bond acceptors (Lipinski definition) is 17. The Morgan fingerprint density at radius 1 is 0.413 bits per heavy atom. The Balaban J connectivity index is 0.000000135. The summed E-state index contributed by atoms with van der Waals surface area (Å²) in [5.41, 5.74) is 18.9. The van der Waals surface area contributed by atoms with Gasteiger partial charge in [-0.1, -0.05) is 323 Å². The molecule has 0 unspecified atom stereocenters. The van der Waals surface area contributed by atoms with E-state index >= 15 is 0 Å². The van der Waals surface area contributed by atoms with Gasteiger partial charge in [0.05, 0.1) is 88.0 Å². The largest absolute Gasteiger partial charge is 0.507 e. The van der Waals surface area contributed by atoms with Gasteiger partial charge >= 0.3 is 0 Å². The van der Waals surface area contributed by atoms with Gasteiger partial charge in [0.1, 0.15) is 17.4 Å². The summed E-state index contributed by atoms with van der Waals surface area (Å²) in [5, 5.41) is 41.7. The van der Waals surface area contributed by atoms with Crippen LogP contribution in [0.5, 0.6) is 17.2 Å². The maximum atomic E-state index is 13.1. The number of phenols is 1. The van der Waals surface area contributed by atoms with Crippen LogP contribution in [0.25, 0.3) is 77.9 Å². The maximum Gasteiger partial charge on any atom is 0.277 e. The number of anilines is 4. The van der Waals surface area contributed by atoms with Crippen LogP contribution in [0.4, 0.5) is 27.3 Å². The van der Waals surface area contributed by atoms with E-state index in [1.807, 2.05) is 288 Å². The van der Waals surface area contributed by atoms with Crippen molar-refractivity contribution in [3.8, 4) is 62.5 Å². The molecule has 150 heavy (non-hydrogen) atoms. The number of halogens is 9. The number of fused-ring (bicyclic) bond motifs is 4. The van der Waals surface area contributed by atoms with Crippen molar-refractivity contribution in [3.63, 3.8) is 0 Å². The molecule has 14 aromatic carbocycles. The molecular weight excluding hydrogens is 2100 g/mol. The predicted octanol–water partition coefficient (Wildman–Crippen LogP) is 30.2. The van der Waals surface area contributed by atoms with Crippen LogP contribution in [0, 0.1) is 33.5 Å². The van der Waals surface area contributed by atoms with Gasteiger partial charge < -0.3 is 55.8 Å². The SMILES string of the molecule is CCN(C(=S)Nc1cc(Cl)cc(Cl)c1)c1ccc2c(c1)OCO2.Cc1c(-c2ccccc2)nc2ccccc2c1C(=O)NCc1ccc(Cl)cc1.Cc1c(-c2ccccc2)nc2ccccc2c1C(=O)NCc1ccc(F)cc1.Cc1c(-c2ccccc2)nc2ccccc2c1C(=O)NCc1ccccc1.Cc1cccc(NC(=O)c2cc(Cl)ccc2Cl)n1.O=C(CSc1nnc(-c2ccccc2O)o1)Nc1c(Cl)cc(Cl)cc1Cl. The van der Waals surface area contributed by atoms with Crippen LogP contribution in [-0.2, 0) is 24.4 Å². The number of phenolic OH excluding ortho intramolecular Hbond substituents is 1. The zero-order valence-electron chi connectivity index (χ0n) is 80.8. The highest BCUT2D eigenvalue weighted by molar-refractivity contribution is 7.99. The van der Waals surface area contributed by atoms with Crippen molar-refractivity contribution in [2.45, 2.75) is 59.5 Å². The second-order valence-electron chi connectivity index (χ2n) is 33.4. The minimum atomic E-state index is -0.358. The number of aromatic hydroxyl groups is 1. The number of benzene rings is 14. The van der Waals surface area contributed by atoms with Crippen LogP contribution in [0.15, 0.2) is 361 Å². The Hall–Kier alpha value is -15.4. The molecular formula is C117H92Cl8FN13O9S2. The molecule has 33 heteroatoms. The van der Waals surface area contributed by atoms with E-state index in [1.165, 1.54) is 36.4 Å². The minimum Gasteiger partial charge on any atom is -0.507 e. The van der Waals surface area contributed by atoms with E-state index in [0.717, 1.165) is 140 Å². The minimum absolute atomic E-state index is 0.00229. The molecule has 0 saturated heterocycles. The lowest BCUT2D eigenvalue weighted by Gasteiger charge is -2.24. The van der Waals surface area contributed by atoms with Gasteiger partial charge in [-0.15, -0.1) is 10.2 Å². The summed E-state index contributed by atoms with van der Waals surface area (Å²) in [7, 11) is 0. The molecule has 0 atom stereocenters. The molecule has 1 aliphatic heterocycles. The summed E-state index contributed by atoms with van der Waals surface area (Å²) in [4.78, 5) is 84.0.